The van der Waals surface area contributed by atoms with Crippen molar-refractivity contribution in [3.05, 3.63) is 64.7 Å². The molecule has 2 aromatic rings. The Morgan fingerprint density at radius 1 is 1.19 bits per heavy atom. The topological polar surface area (TPSA) is 59.3 Å². The summed E-state index contributed by atoms with van der Waals surface area (Å²) in [5.74, 6) is 1.29. The highest BCUT2D eigenvalue weighted by atomic mass is 16.5. The number of ketones is 1. The van der Waals surface area contributed by atoms with Gasteiger partial charge >= 0.3 is 0 Å². The van der Waals surface area contributed by atoms with Crippen LogP contribution in [-0.4, -0.2) is 19.5 Å². The Bertz CT molecular complexity index is 860. The van der Waals surface area contributed by atoms with Crippen molar-refractivity contribution >= 4 is 11.9 Å². The zero-order chi connectivity index (χ0) is 19.1. The molecule has 0 atom stereocenters. The minimum Gasteiger partial charge on any atom is -0.493 e. The van der Waals surface area contributed by atoms with Gasteiger partial charge in [0.2, 0.25) is 5.78 Å². The number of carbonyl (C=O) groups excluding carboxylic acids is 1. The van der Waals surface area contributed by atoms with Gasteiger partial charge in [-0.25, -0.2) is 0 Å². The first-order valence-electron chi connectivity index (χ1n) is 8.48. The van der Waals surface area contributed by atoms with Crippen LogP contribution < -0.4 is 9.47 Å². The number of ether oxygens (including phenoxy) is 2. The number of methoxy groups -OCH3 is 1. The predicted molar refractivity (Wildman–Crippen MR) is 102 cm³/mol. The average Bonchev–Trinajstić information content (AvgIpc) is 2.63. The number of nitriles is 1. The van der Waals surface area contributed by atoms with Gasteiger partial charge in [0.15, 0.2) is 11.5 Å². The third-order valence-corrected chi connectivity index (χ3v) is 3.72. The van der Waals surface area contributed by atoms with Crippen LogP contribution in [0.4, 0.5) is 0 Å². The molecule has 0 aliphatic heterocycles. The van der Waals surface area contributed by atoms with E-state index in [1.165, 1.54) is 0 Å². The van der Waals surface area contributed by atoms with Gasteiger partial charge in [-0.05, 0) is 42.7 Å². The molecule has 2 aromatic carbocycles. The van der Waals surface area contributed by atoms with Crippen molar-refractivity contribution in [1.82, 2.24) is 0 Å². The number of Topliss-reactive ketones (excluding diaryl/α,β-unsaturated/α-hetero) is 1. The molecule has 2 rings (SSSR count). The van der Waals surface area contributed by atoms with Gasteiger partial charge in [-0.1, -0.05) is 43.7 Å². The third-order valence-electron chi connectivity index (χ3n) is 3.72. The van der Waals surface area contributed by atoms with Gasteiger partial charge in [0, 0.05) is 5.56 Å². The molecule has 0 aromatic heterocycles. The molecule has 0 spiro atoms. The molecule has 0 N–H and O–H groups in total. The van der Waals surface area contributed by atoms with Crippen molar-refractivity contribution in [2.75, 3.05) is 13.7 Å². The van der Waals surface area contributed by atoms with Crippen LogP contribution in [-0.2, 0) is 0 Å². The summed E-state index contributed by atoms with van der Waals surface area (Å²) in [5, 5.41) is 9.44. The quantitative estimate of drug-likeness (QED) is 0.408. The van der Waals surface area contributed by atoms with Gasteiger partial charge in [-0.2, -0.15) is 5.26 Å². The highest BCUT2D eigenvalue weighted by molar-refractivity contribution is 6.14. The van der Waals surface area contributed by atoms with Crippen molar-refractivity contribution in [3.8, 4) is 17.6 Å². The van der Waals surface area contributed by atoms with Crippen LogP contribution >= 0.6 is 0 Å². The monoisotopic (exact) mass is 349 g/mol. The number of allylic oxidation sites excluding steroid dienone is 1. The van der Waals surface area contributed by atoms with E-state index in [1.807, 2.05) is 25.1 Å². The normalized spacial score (nSPS) is 11.2. The number of hydrogen-bond acceptors (Lipinski definition) is 4. The van der Waals surface area contributed by atoms with Crippen molar-refractivity contribution in [2.24, 2.45) is 5.92 Å². The summed E-state index contributed by atoms with van der Waals surface area (Å²) in [7, 11) is 1.58. The lowest BCUT2D eigenvalue weighted by atomic mass is 10.0. The van der Waals surface area contributed by atoms with Crippen molar-refractivity contribution in [3.63, 3.8) is 0 Å². The second kappa shape index (κ2) is 8.87. The molecule has 0 saturated heterocycles. The van der Waals surface area contributed by atoms with Crippen LogP contribution in [0.2, 0.25) is 0 Å². The van der Waals surface area contributed by atoms with Gasteiger partial charge in [0.05, 0.1) is 13.7 Å². The van der Waals surface area contributed by atoms with Gasteiger partial charge in [-0.15, -0.1) is 0 Å². The zero-order valence-electron chi connectivity index (χ0n) is 15.6. The first-order chi connectivity index (χ1) is 12.4. The molecule has 0 unspecified atom stereocenters. The first-order valence-corrected chi connectivity index (χ1v) is 8.48. The fourth-order valence-electron chi connectivity index (χ4n) is 2.41. The molecule has 0 heterocycles. The van der Waals surface area contributed by atoms with E-state index in [0.29, 0.717) is 35.2 Å². The van der Waals surface area contributed by atoms with E-state index in [0.717, 1.165) is 5.56 Å². The number of carbonyl (C=O) groups is 1. The highest BCUT2D eigenvalue weighted by Crippen LogP contribution is 2.29. The summed E-state index contributed by atoms with van der Waals surface area (Å²) in [6, 6.07) is 14.6. The molecule has 4 heteroatoms. The summed E-state index contributed by atoms with van der Waals surface area (Å²) in [6.45, 7) is 6.58. The molecule has 4 nitrogen and oxygen atoms in total. The van der Waals surface area contributed by atoms with E-state index in [2.05, 4.69) is 13.8 Å². The van der Waals surface area contributed by atoms with Crippen LogP contribution in [0, 0.1) is 24.2 Å². The second-order valence-corrected chi connectivity index (χ2v) is 6.48. The molecule has 0 bridgehead atoms. The molecular formula is C22H23NO3. The van der Waals surface area contributed by atoms with Crippen molar-refractivity contribution in [1.29, 1.82) is 5.26 Å². The summed E-state index contributed by atoms with van der Waals surface area (Å²) in [4.78, 5) is 12.6. The number of rotatable bonds is 7. The molecule has 134 valence electrons. The Labute approximate surface area is 154 Å². The zero-order valence-corrected chi connectivity index (χ0v) is 15.6. The van der Waals surface area contributed by atoms with E-state index in [1.54, 1.807) is 43.5 Å². The Balaban J connectivity index is 2.35. The lowest BCUT2D eigenvalue weighted by molar-refractivity contribution is 0.104. The molecule has 0 radical (unpaired) electrons. The van der Waals surface area contributed by atoms with Crippen LogP contribution in [0.3, 0.4) is 0 Å². The Morgan fingerprint density at radius 2 is 1.96 bits per heavy atom. The predicted octanol–water partition coefficient (Wildman–Crippen LogP) is 4.83. The van der Waals surface area contributed by atoms with Gasteiger partial charge in [-0.3, -0.25) is 4.79 Å². The number of benzene rings is 2. The van der Waals surface area contributed by atoms with E-state index < -0.39 is 0 Å². The Morgan fingerprint density at radius 3 is 2.58 bits per heavy atom. The maximum absolute atomic E-state index is 12.6. The maximum Gasteiger partial charge on any atom is 0.203 e. The van der Waals surface area contributed by atoms with Crippen molar-refractivity contribution in [2.45, 2.75) is 20.8 Å². The molecule has 0 amide bonds. The molecule has 0 saturated carbocycles. The largest absolute Gasteiger partial charge is 0.493 e. The lowest BCUT2D eigenvalue weighted by Crippen LogP contribution is -2.06. The van der Waals surface area contributed by atoms with Gasteiger partial charge < -0.3 is 9.47 Å². The Hall–Kier alpha value is -3.06. The van der Waals surface area contributed by atoms with Crippen LogP contribution in [0.25, 0.3) is 6.08 Å². The van der Waals surface area contributed by atoms with E-state index in [4.69, 9.17) is 9.47 Å². The minimum atomic E-state index is -0.295. The molecular weight excluding hydrogens is 326 g/mol. The summed E-state index contributed by atoms with van der Waals surface area (Å²) in [5.41, 5.74) is 2.27. The Kier molecular flexibility index (Phi) is 6.57. The first kappa shape index (κ1) is 19.3. The van der Waals surface area contributed by atoms with Crippen molar-refractivity contribution < 1.29 is 14.3 Å². The fourth-order valence-corrected chi connectivity index (χ4v) is 2.41. The number of aryl methyl sites for hydroxylation is 1. The molecule has 26 heavy (non-hydrogen) atoms. The fraction of sp³-hybridized carbons (Fsp3) is 0.273. The average molecular weight is 349 g/mol. The maximum atomic E-state index is 12.6. The minimum absolute atomic E-state index is 0.0792. The molecule has 0 aliphatic rings. The SMILES string of the molecule is COc1ccc(/C=C(\C#N)C(=O)c2cccc(C)c2)cc1OCC(C)C. The summed E-state index contributed by atoms with van der Waals surface area (Å²) < 4.78 is 11.1. The van der Waals surface area contributed by atoms with Gasteiger partial charge in [0.25, 0.3) is 0 Å². The van der Waals surface area contributed by atoms with E-state index in [-0.39, 0.29) is 11.4 Å². The van der Waals surface area contributed by atoms with Crippen LogP contribution in [0.1, 0.15) is 35.3 Å². The van der Waals surface area contributed by atoms with Crippen LogP contribution in [0.15, 0.2) is 48.0 Å². The number of hydrogen-bond donors (Lipinski definition) is 0. The second-order valence-electron chi connectivity index (χ2n) is 6.48. The molecule has 0 aliphatic carbocycles. The van der Waals surface area contributed by atoms with E-state index >= 15 is 0 Å². The third kappa shape index (κ3) is 4.97. The van der Waals surface area contributed by atoms with E-state index in [9.17, 15) is 10.1 Å². The molecule has 0 fully saturated rings. The lowest BCUT2D eigenvalue weighted by Gasteiger charge is -2.13. The summed E-state index contributed by atoms with van der Waals surface area (Å²) in [6.07, 6.45) is 1.58. The summed E-state index contributed by atoms with van der Waals surface area (Å²) >= 11 is 0. The highest BCUT2D eigenvalue weighted by Gasteiger charge is 2.13. The van der Waals surface area contributed by atoms with Gasteiger partial charge in [0.1, 0.15) is 11.6 Å². The number of nitrogens with zero attached hydrogens (tertiary/aromatic N) is 1. The standard InChI is InChI=1S/C22H23NO3/c1-15(2)14-26-21-12-17(8-9-20(21)25-4)11-19(13-23)22(24)18-7-5-6-16(3)10-18/h5-12,15H,14H2,1-4H3/b19-11+. The van der Waals surface area contributed by atoms with Crippen LogP contribution in [0.5, 0.6) is 11.5 Å². The smallest absolute Gasteiger partial charge is 0.203 e.